The summed E-state index contributed by atoms with van der Waals surface area (Å²) in [6.45, 7) is 3.57. The molecule has 4 heteroatoms. The molecular weight excluding hydrogens is 282 g/mol. The maximum absolute atomic E-state index is 5.96. The molecule has 0 aliphatic rings. The monoisotopic (exact) mass is 301 g/mol. The van der Waals surface area contributed by atoms with Gasteiger partial charge in [0.25, 0.3) is 0 Å². The molecule has 0 fully saturated rings. The second-order valence-electron chi connectivity index (χ2n) is 3.97. The summed E-state index contributed by atoms with van der Waals surface area (Å²) in [6, 6.07) is 6.08. The summed E-state index contributed by atoms with van der Waals surface area (Å²) in [5.41, 5.74) is 1.16. The van der Waals surface area contributed by atoms with Gasteiger partial charge in [-0.3, -0.25) is 0 Å². The third-order valence-corrected chi connectivity index (χ3v) is 3.09. The van der Waals surface area contributed by atoms with Gasteiger partial charge in [-0.05, 0) is 36.0 Å². The zero-order valence-corrected chi connectivity index (χ0v) is 12.2. The quantitative estimate of drug-likeness (QED) is 0.840. The number of benzene rings is 1. The van der Waals surface area contributed by atoms with Gasteiger partial charge in [-0.25, -0.2) is 0 Å². The fourth-order valence-corrected chi connectivity index (χ4v) is 2.06. The van der Waals surface area contributed by atoms with Gasteiger partial charge >= 0.3 is 0 Å². The van der Waals surface area contributed by atoms with Gasteiger partial charge in [-0.15, -0.1) is 0 Å². The van der Waals surface area contributed by atoms with E-state index in [1.807, 2.05) is 19.2 Å². The zero-order chi connectivity index (χ0) is 12.7. The highest BCUT2D eigenvalue weighted by atomic mass is 79.9. The van der Waals surface area contributed by atoms with Crippen molar-refractivity contribution in [1.29, 1.82) is 0 Å². The maximum Gasteiger partial charge on any atom is 0.138 e. The molecule has 0 radical (unpaired) electrons. The summed E-state index contributed by atoms with van der Waals surface area (Å²) in [5.74, 6) is 0.922. The first-order valence-electron chi connectivity index (χ1n) is 5.76. The molecule has 96 valence electrons. The van der Waals surface area contributed by atoms with Crippen LogP contribution in [-0.4, -0.2) is 26.9 Å². The molecule has 0 saturated carbocycles. The van der Waals surface area contributed by atoms with Crippen molar-refractivity contribution in [2.75, 3.05) is 20.8 Å². The van der Waals surface area contributed by atoms with Crippen molar-refractivity contribution in [3.63, 3.8) is 0 Å². The van der Waals surface area contributed by atoms with E-state index in [9.17, 15) is 0 Å². The van der Waals surface area contributed by atoms with Crippen LogP contribution in [0.15, 0.2) is 22.7 Å². The van der Waals surface area contributed by atoms with Crippen molar-refractivity contribution >= 4 is 15.9 Å². The minimum Gasteiger partial charge on any atom is -0.489 e. The molecule has 0 bridgehead atoms. The summed E-state index contributed by atoms with van der Waals surface area (Å²) < 4.78 is 12.0. The number of ether oxygens (including phenoxy) is 2. The van der Waals surface area contributed by atoms with E-state index in [0.29, 0.717) is 6.61 Å². The van der Waals surface area contributed by atoms with Crippen molar-refractivity contribution < 1.29 is 9.47 Å². The highest BCUT2D eigenvalue weighted by molar-refractivity contribution is 9.10. The fraction of sp³-hybridized carbons (Fsp3) is 0.538. The third-order valence-electron chi connectivity index (χ3n) is 2.46. The maximum atomic E-state index is 5.96. The van der Waals surface area contributed by atoms with Crippen LogP contribution in [0.4, 0.5) is 0 Å². The number of halogens is 1. The van der Waals surface area contributed by atoms with Crippen LogP contribution in [0.3, 0.4) is 0 Å². The molecule has 0 aliphatic heterocycles. The third kappa shape index (κ3) is 4.66. The van der Waals surface area contributed by atoms with E-state index in [4.69, 9.17) is 9.47 Å². The number of nitrogens with one attached hydrogen (secondary N) is 1. The van der Waals surface area contributed by atoms with Gasteiger partial charge < -0.3 is 14.8 Å². The lowest BCUT2D eigenvalue weighted by Gasteiger charge is -2.18. The minimum absolute atomic E-state index is 0.143. The Bertz CT molecular complexity index is 344. The summed E-state index contributed by atoms with van der Waals surface area (Å²) in [7, 11) is 3.64. The first kappa shape index (κ1) is 14.5. The fourth-order valence-electron chi connectivity index (χ4n) is 1.56. The molecule has 1 N–H and O–H groups in total. The Hall–Kier alpha value is -0.580. The van der Waals surface area contributed by atoms with E-state index < -0.39 is 0 Å². The smallest absolute Gasteiger partial charge is 0.138 e. The van der Waals surface area contributed by atoms with Crippen LogP contribution in [0, 0.1) is 0 Å². The average Bonchev–Trinajstić information content (AvgIpc) is 2.31. The molecule has 1 atom stereocenters. The second-order valence-corrected chi connectivity index (χ2v) is 4.82. The highest BCUT2D eigenvalue weighted by Gasteiger charge is 2.11. The number of rotatable bonds is 7. The lowest BCUT2D eigenvalue weighted by atomic mass is 10.2. The van der Waals surface area contributed by atoms with Crippen LogP contribution in [0.1, 0.15) is 18.9 Å². The van der Waals surface area contributed by atoms with Crippen molar-refractivity contribution in [3.8, 4) is 5.75 Å². The normalized spacial score (nSPS) is 12.5. The van der Waals surface area contributed by atoms with E-state index in [0.717, 1.165) is 28.8 Å². The van der Waals surface area contributed by atoms with E-state index in [-0.39, 0.29) is 6.10 Å². The van der Waals surface area contributed by atoms with Crippen molar-refractivity contribution in [2.45, 2.75) is 26.0 Å². The SMILES string of the molecule is CNCc1cccc(Br)c1OC(C)CCOC. The molecule has 0 spiro atoms. The topological polar surface area (TPSA) is 30.5 Å². The largest absolute Gasteiger partial charge is 0.489 e. The van der Waals surface area contributed by atoms with Gasteiger partial charge in [0.2, 0.25) is 0 Å². The Balaban J connectivity index is 2.73. The van der Waals surface area contributed by atoms with E-state index in [1.54, 1.807) is 7.11 Å². The van der Waals surface area contributed by atoms with Crippen LogP contribution >= 0.6 is 15.9 Å². The molecule has 1 aromatic rings. The van der Waals surface area contributed by atoms with E-state index in [2.05, 4.69) is 34.2 Å². The Labute approximate surface area is 112 Å². The molecule has 0 saturated heterocycles. The molecule has 1 aromatic carbocycles. The molecule has 17 heavy (non-hydrogen) atoms. The Morgan fingerprint density at radius 2 is 2.18 bits per heavy atom. The summed E-state index contributed by atoms with van der Waals surface area (Å²) >= 11 is 3.53. The minimum atomic E-state index is 0.143. The molecule has 1 rings (SSSR count). The van der Waals surface area contributed by atoms with Crippen molar-refractivity contribution in [3.05, 3.63) is 28.2 Å². The molecule has 1 unspecified atom stereocenters. The van der Waals surface area contributed by atoms with Crippen LogP contribution in [0.25, 0.3) is 0 Å². The number of para-hydroxylation sites is 1. The lowest BCUT2D eigenvalue weighted by Crippen LogP contribution is -2.16. The second kappa shape index (κ2) is 7.69. The van der Waals surface area contributed by atoms with Gasteiger partial charge in [0.15, 0.2) is 0 Å². The summed E-state index contributed by atoms with van der Waals surface area (Å²) in [5, 5.41) is 3.14. The number of hydrogen-bond donors (Lipinski definition) is 1. The van der Waals surface area contributed by atoms with E-state index >= 15 is 0 Å². The van der Waals surface area contributed by atoms with Crippen molar-refractivity contribution in [2.24, 2.45) is 0 Å². The predicted molar refractivity (Wildman–Crippen MR) is 73.5 cm³/mol. The molecule has 3 nitrogen and oxygen atoms in total. The number of methoxy groups -OCH3 is 1. The molecule has 0 amide bonds. The molecule has 0 heterocycles. The van der Waals surface area contributed by atoms with Gasteiger partial charge in [0.05, 0.1) is 10.6 Å². The Morgan fingerprint density at radius 3 is 2.82 bits per heavy atom. The van der Waals surface area contributed by atoms with Gasteiger partial charge in [0, 0.05) is 32.2 Å². The predicted octanol–water partition coefficient (Wildman–Crippen LogP) is 2.97. The molecule has 0 aromatic heterocycles. The average molecular weight is 302 g/mol. The first-order chi connectivity index (χ1) is 8.19. The molecular formula is C13H20BrNO2. The van der Waals surface area contributed by atoms with Crippen LogP contribution in [0.5, 0.6) is 5.75 Å². The van der Waals surface area contributed by atoms with Crippen LogP contribution < -0.4 is 10.1 Å². The summed E-state index contributed by atoms with van der Waals surface area (Å²) in [4.78, 5) is 0. The first-order valence-corrected chi connectivity index (χ1v) is 6.56. The Morgan fingerprint density at radius 1 is 1.41 bits per heavy atom. The van der Waals surface area contributed by atoms with Crippen LogP contribution in [0.2, 0.25) is 0 Å². The van der Waals surface area contributed by atoms with Gasteiger partial charge in [-0.1, -0.05) is 12.1 Å². The zero-order valence-electron chi connectivity index (χ0n) is 10.6. The lowest BCUT2D eigenvalue weighted by molar-refractivity contribution is 0.134. The molecule has 0 aliphatic carbocycles. The van der Waals surface area contributed by atoms with Gasteiger partial charge in [-0.2, -0.15) is 0 Å². The highest BCUT2D eigenvalue weighted by Crippen LogP contribution is 2.30. The Kier molecular flexibility index (Phi) is 6.55. The van der Waals surface area contributed by atoms with Crippen LogP contribution in [-0.2, 0) is 11.3 Å². The van der Waals surface area contributed by atoms with Gasteiger partial charge in [0.1, 0.15) is 5.75 Å². The number of hydrogen-bond acceptors (Lipinski definition) is 3. The summed E-state index contributed by atoms with van der Waals surface area (Å²) in [6.07, 6.45) is 1.03. The van der Waals surface area contributed by atoms with Crippen molar-refractivity contribution in [1.82, 2.24) is 5.32 Å². The van der Waals surface area contributed by atoms with E-state index in [1.165, 1.54) is 0 Å². The standard InChI is InChI=1S/C13H20BrNO2/c1-10(7-8-16-3)17-13-11(9-15-2)5-4-6-12(13)14/h4-6,10,15H,7-9H2,1-3H3.